The number of halogens is 2. The minimum atomic E-state index is -0.550. The molecule has 0 bridgehead atoms. The van der Waals surface area contributed by atoms with Crippen molar-refractivity contribution in [3.63, 3.8) is 0 Å². The monoisotopic (exact) mass is 364 g/mol. The molecule has 4 nitrogen and oxygen atoms in total. The van der Waals surface area contributed by atoms with Crippen molar-refractivity contribution in [2.75, 3.05) is 26.0 Å². The van der Waals surface area contributed by atoms with Crippen LogP contribution >= 0.6 is 11.6 Å². The average molecular weight is 365 g/mol. The molecule has 0 aliphatic carbocycles. The van der Waals surface area contributed by atoms with Gasteiger partial charge < -0.3 is 10.1 Å². The Morgan fingerprint density at radius 3 is 2.72 bits per heavy atom. The second kappa shape index (κ2) is 8.83. The summed E-state index contributed by atoms with van der Waals surface area (Å²) in [5.41, 5.74) is 1.20. The van der Waals surface area contributed by atoms with Gasteiger partial charge in [0.2, 0.25) is 5.91 Å². The Morgan fingerprint density at radius 1 is 1.32 bits per heavy atom. The van der Waals surface area contributed by atoms with Crippen molar-refractivity contribution in [3.05, 3.63) is 58.9 Å². The molecule has 134 valence electrons. The van der Waals surface area contributed by atoms with E-state index in [1.807, 2.05) is 43.1 Å². The minimum absolute atomic E-state index is 0.108. The van der Waals surface area contributed by atoms with E-state index in [4.69, 9.17) is 16.3 Å². The van der Waals surface area contributed by atoms with Gasteiger partial charge in [-0.3, -0.25) is 9.69 Å². The molecule has 0 radical (unpaired) electrons. The molecule has 1 N–H and O–H groups in total. The van der Waals surface area contributed by atoms with E-state index >= 15 is 0 Å². The third kappa shape index (κ3) is 5.44. The van der Waals surface area contributed by atoms with Gasteiger partial charge in [-0.1, -0.05) is 29.8 Å². The summed E-state index contributed by atoms with van der Waals surface area (Å²) in [6, 6.07) is 12.1. The van der Waals surface area contributed by atoms with Crippen molar-refractivity contribution >= 4 is 23.2 Å². The van der Waals surface area contributed by atoms with E-state index < -0.39 is 5.82 Å². The summed E-state index contributed by atoms with van der Waals surface area (Å²) < 4.78 is 19.1. The third-order valence-electron chi connectivity index (χ3n) is 4.06. The van der Waals surface area contributed by atoms with Crippen molar-refractivity contribution in [3.8, 4) is 5.75 Å². The SMILES string of the molecule is COc1ccccc1C[C@@H](C)N(C)CC(=O)Nc1ccc(Cl)cc1F. The van der Waals surface area contributed by atoms with Gasteiger partial charge in [0.1, 0.15) is 11.6 Å². The van der Waals surface area contributed by atoms with Crippen LogP contribution < -0.4 is 10.1 Å². The first-order chi connectivity index (χ1) is 11.9. The Balaban J connectivity index is 1.93. The Bertz CT molecular complexity index is 739. The van der Waals surface area contributed by atoms with E-state index in [1.165, 1.54) is 18.2 Å². The van der Waals surface area contributed by atoms with Crippen LogP contribution in [0.15, 0.2) is 42.5 Å². The van der Waals surface area contributed by atoms with Crippen LogP contribution in [0.5, 0.6) is 5.75 Å². The van der Waals surface area contributed by atoms with Gasteiger partial charge in [0.05, 0.1) is 19.3 Å². The largest absolute Gasteiger partial charge is 0.496 e. The lowest BCUT2D eigenvalue weighted by Crippen LogP contribution is -2.37. The molecule has 0 heterocycles. The molecule has 6 heteroatoms. The number of ether oxygens (including phenoxy) is 1. The van der Waals surface area contributed by atoms with Crippen LogP contribution in [-0.4, -0.2) is 37.6 Å². The van der Waals surface area contributed by atoms with Gasteiger partial charge in [0.25, 0.3) is 0 Å². The summed E-state index contributed by atoms with van der Waals surface area (Å²) >= 11 is 5.71. The highest BCUT2D eigenvalue weighted by molar-refractivity contribution is 6.30. The van der Waals surface area contributed by atoms with Gasteiger partial charge in [-0.05, 0) is 50.2 Å². The molecule has 0 aliphatic heterocycles. The second-order valence-corrected chi connectivity index (χ2v) is 6.39. The van der Waals surface area contributed by atoms with Crippen LogP contribution in [0, 0.1) is 5.82 Å². The number of benzene rings is 2. The van der Waals surface area contributed by atoms with E-state index in [-0.39, 0.29) is 29.2 Å². The van der Waals surface area contributed by atoms with Gasteiger partial charge in [0, 0.05) is 11.1 Å². The summed E-state index contributed by atoms with van der Waals surface area (Å²) in [7, 11) is 3.50. The number of hydrogen-bond acceptors (Lipinski definition) is 3. The maximum Gasteiger partial charge on any atom is 0.238 e. The van der Waals surface area contributed by atoms with Crippen molar-refractivity contribution in [2.45, 2.75) is 19.4 Å². The van der Waals surface area contributed by atoms with E-state index in [0.717, 1.165) is 17.7 Å². The van der Waals surface area contributed by atoms with Crippen LogP contribution in [0.1, 0.15) is 12.5 Å². The summed E-state index contributed by atoms with van der Waals surface area (Å²) in [6.45, 7) is 2.18. The Labute approximate surface area is 152 Å². The number of likely N-dealkylation sites (N-methyl/N-ethyl adjacent to an activating group) is 1. The summed E-state index contributed by atoms with van der Waals surface area (Å²) in [5, 5.41) is 2.86. The average Bonchev–Trinajstić information content (AvgIpc) is 2.57. The topological polar surface area (TPSA) is 41.6 Å². The fraction of sp³-hybridized carbons (Fsp3) is 0.316. The number of anilines is 1. The highest BCUT2D eigenvalue weighted by Gasteiger charge is 2.16. The molecule has 0 aromatic heterocycles. The number of nitrogens with zero attached hydrogens (tertiary/aromatic N) is 1. The zero-order valence-electron chi connectivity index (χ0n) is 14.6. The lowest BCUT2D eigenvalue weighted by Gasteiger charge is -2.25. The van der Waals surface area contributed by atoms with Gasteiger partial charge in [-0.2, -0.15) is 0 Å². The normalized spacial score (nSPS) is 12.1. The number of nitrogens with one attached hydrogen (secondary N) is 1. The molecule has 2 rings (SSSR count). The fourth-order valence-electron chi connectivity index (χ4n) is 2.51. The van der Waals surface area contributed by atoms with E-state index in [1.54, 1.807) is 7.11 Å². The molecule has 0 saturated carbocycles. The van der Waals surface area contributed by atoms with Crippen LogP contribution in [0.25, 0.3) is 0 Å². The Morgan fingerprint density at radius 2 is 2.04 bits per heavy atom. The lowest BCUT2D eigenvalue weighted by molar-refractivity contribution is -0.117. The van der Waals surface area contributed by atoms with Gasteiger partial charge >= 0.3 is 0 Å². The number of carbonyl (C=O) groups is 1. The first kappa shape index (κ1) is 19.2. The van der Waals surface area contributed by atoms with Crippen LogP contribution in [0.4, 0.5) is 10.1 Å². The molecule has 2 aromatic rings. The quantitative estimate of drug-likeness (QED) is 0.807. The predicted molar refractivity (Wildman–Crippen MR) is 98.8 cm³/mol. The fourth-order valence-corrected chi connectivity index (χ4v) is 2.67. The van der Waals surface area contributed by atoms with E-state index in [0.29, 0.717) is 0 Å². The standard InChI is InChI=1S/C19H22ClFN2O2/c1-13(10-14-6-4-5-7-18(14)25-3)23(2)12-19(24)22-17-9-8-15(20)11-16(17)21/h4-9,11,13H,10,12H2,1-3H3,(H,22,24)/t13-/m1/s1. The predicted octanol–water partition coefficient (Wildman–Crippen LogP) is 3.99. The smallest absolute Gasteiger partial charge is 0.238 e. The van der Waals surface area contributed by atoms with E-state index in [2.05, 4.69) is 5.32 Å². The molecule has 0 fully saturated rings. The number of hydrogen-bond donors (Lipinski definition) is 1. The molecule has 0 aliphatic rings. The Hall–Kier alpha value is -2.11. The van der Waals surface area contributed by atoms with Crippen molar-refractivity contribution < 1.29 is 13.9 Å². The van der Waals surface area contributed by atoms with Crippen molar-refractivity contribution in [1.29, 1.82) is 0 Å². The highest BCUT2D eigenvalue weighted by Crippen LogP contribution is 2.21. The number of methoxy groups -OCH3 is 1. The lowest BCUT2D eigenvalue weighted by atomic mass is 10.1. The molecule has 0 spiro atoms. The minimum Gasteiger partial charge on any atom is -0.496 e. The number of amides is 1. The molecular formula is C19H22ClFN2O2. The van der Waals surface area contributed by atoms with Gasteiger partial charge in [0.15, 0.2) is 0 Å². The molecule has 2 aromatic carbocycles. The first-order valence-electron chi connectivity index (χ1n) is 7.97. The summed E-state index contributed by atoms with van der Waals surface area (Å²) in [4.78, 5) is 14.1. The van der Waals surface area contributed by atoms with Crippen LogP contribution in [0.2, 0.25) is 5.02 Å². The molecule has 0 unspecified atom stereocenters. The zero-order chi connectivity index (χ0) is 18.4. The first-order valence-corrected chi connectivity index (χ1v) is 8.35. The number of carbonyl (C=O) groups excluding carboxylic acids is 1. The van der Waals surface area contributed by atoms with Crippen LogP contribution in [0.3, 0.4) is 0 Å². The Kier molecular flexibility index (Phi) is 6.79. The third-order valence-corrected chi connectivity index (χ3v) is 4.29. The van der Waals surface area contributed by atoms with Crippen molar-refractivity contribution in [2.24, 2.45) is 0 Å². The van der Waals surface area contributed by atoms with Crippen molar-refractivity contribution in [1.82, 2.24) is 4.90 Å². The van der Waals surface area contributed by atoms with Gasteiger partial charge in [-0.15, -0.1) is 0 Å². The summed E-state index contributed by atoms with van der Waals surface area (Å²) in [6.07, 6.45) is 0.739. The zero-order valence-corrected chi connectivity index (χ0v) is 15.3. The maximum atomic E-state index is 13.8. The van der Waals surface area contributed by atoms with Gasteiger partial charge in [-0.25, -0.2) is 4.39 Å². The molecule has 25 heavy (non-hydrogen) atoms. The summed E-state index contributed by atoms with van der Waals surface area (Å²) in [5.74, 6) is -0.00314. The molecule has 1 amide bonds. The highest BCUT2D eigenvalue weighted by atomic mass is 35.5. The number of rotatable bonds is 7. The van der Waals surface area contributed by atoms with E-state index in [9.17, 15) is 9.18 Å². The molecule has 1 atom stereocenters. The van der Waals surface area contributed by atoms with Crippen LogP contribution in [-0.2, 0) is 11.2 Å². The second-order valence-electron chi connectivity index (χ2n) is 5.95. The molecular weight excluding hydrogens is 343 g/mol. The number of para-hydroxylation sites is 1. The molecule has 0 saturated heterocycles. The maximum absolute atomic E-state index is 13.8.